The lowest BCUT2D eigenvalue weighted by Gasteiger charge is -2.26. The zero-order valence-corrected chi connectivity index (χ0v) is 20.5. The second kappa shape index (κ2) is 11.4. The van der Waals surface area contributed by atoms with Gasteiger partial charge in [0.25, 0.3) is 11.8 Å². The number of imide groups is 2. The Kier molecular flexibility index (Phi) is 7.81. The Morgan fingerprint density at radius 1 is 1.03 bits per heavy atom. The summed E-state index contributed by atoms with van der Waals surface area (Å²) >= 11 is 0. The van der Waals surface area contributed by atoms with E-state index in [0.29, 0.717) is 16.9 Å². The minimum atomic E-state index is -0.938. The highest BCUT2D eigenvalue weighted by Crippen LogP contribution is 2.30. The van der Waals surface area contributed by atoms with Gasteiger partial charge in [-0.25, -0.2) is 18.9 Å². The number of ether oxygens (including phenoxy) is 3. The van der Waals surface area contributed by atoms with Crippen molar-refractivity contribution in [2.24, 2.45) is 0 Å². The Morgan fingerprint density at radius 2 is 1.76 bits per heavy atom. The summed E-state index contributed by atoms with van der Waals surface area (Å²) in [4.78, 5) is 51.2. The highest BCUT2D eigenvalue weighted by atomic mass is 19.1. The largest absolute Gasteiger partial charge is 0.497 e. The van der Waals surface area contributed by atoms with Gasteiger partial charge in [-0.05, 0) is 55.5 Å². The van der Waals surface area contributed by atoms with Crippen LogP contribution in [0.2, 0.25) is 0 Å². The fourth-order valence-corrected chi connectivity index (χ4v) is 3.67. The molecule has 1 aliphatic rings. The number of esters is 1. The van der Waals surface area contributed by atoms with E-state index in [1.54, 1.807) is 37.3 Å². The molecule has 0 saturated carbocycles. The van der Waals surface area contributed by atoms with Crippen LogP contribution in [-0.4, -0.2) is 37.5 Å². The number of nitrogens with one attached hydrogen (secondary N) is 1. The number of anilines is 1. The van der Waals surface area contributed by atoms with Crippen molar-refractivity contribution in [2.45, 2.75) is 13.5 Å². The number of methoxy groups -OCH3 is 1. The summed E-state index contributed by atoms with van der Waals surface area (Å²) in [5, 5.41) is 2.15. The highest BCUT2D eigenvalue weighted by molar-refractivity contribution is 6.39. The molecule has 4 amide bonds. The van der Waals surface area contributed by atoms with Crippen molar-refractivity contribution in [3.05, 3.63) is 94.8 Å². The van der Waals surface area contributed by atoms with Gasteiger partial charge >= 0.3 is 12.0 Å². The molecule has 4 rings (SSSR count). The van der Waals surface area contributed by atoms with E-state index in [1.807, 2.05) is 0 Å². The quantitative estimate of drug-likeness (QED) is 0.270. The number of carbonyl (C=O) groups is 4. The lowest BCUT2D eigenvalue weighted by atomic mass is 10.1. The van der Waals surface area contributed by atoms with E-state index in [-0.39, 0.29) is 35.8 Å². The molecule has 3 aromatic rings. The third kappa shape index (κ3) is 5.54. The molecule has 0 aliphatic carbocycles. The third-order valence-electron chi connectivity index (χ3n) is 5.60. The van der Waals surface area contributed by atoms with Crippen LogP contribution in [0.15, 0.2) is 72.3 Å². The fourth-order valence-electron chi connectivity index (χ4n) is 3.67. The molecule has 1 N–H and O–H groups in total. The monoisotopic (exact) mass is 518 g/mol. The molecular weight excluding hydrogens is 495 g/mol. The van der Waals surface area contributed by atoms with E-state index in [4.69, 9.17) is 14.2 Å². The Bertz CT molecular complexity index is 1430. The molecule has 10 heteroatoms. The number of barbiturate groups is 1. The van der Waals surface area contributed by atoms with Gasteiger partial charge in [0.05, 0.1) is 25.0 Å². The molecule has 0 unspecified atom stereocenters. The third-order valence-corrected chi connectivity index (χ3v) is 5.60. The number of halogens is 1. The van der Waals surface area contributed by atoms with Gasteiger partial charge in [-0.3, -0.25) is 14.9 Å². The first-order valence-corrected chi connectivity index (χ1v) is 11.5. The van der Waals surface area contributed by atoms with Gasteiger partial charge in [-0.15, -0.1) is 0 Å². The summed E-state index contributed by atoms with van der Waals surface area (Å²) < 4.78 is 30.1. The van der Waals surface area contributed by atoms with Gasteiger partial charge in [0.15, 0.2) is 0 Å². The first-order chi connectivity index (χ1) is 18.3. The van der Waals surface area contributed by atoms with Crippen LogP contribution in [0.5, 0.6) is 11.5 Å². The Hall–Kier alpha value is -4.99. The summed E-state index contributed by atoms with van der Waals surface area (Å²) in [6.07, 6.45) is 1.28. The summed E-state index contributed by atoms with van der Waals surface area (Å²) in [5.41, 5.74) is 0.683. The van der Waals surface area contributed by atoms with Crippen molar-refractivity contribution in [3.63, 3.8) is 0 Å². The zero-order valence-electron chi connectivity index (χ0n) is 20.5. The van der Waals surface area contributed by atoms with Gasteiger partial charge in [0, 0.05) is 17.2 Å². The molecular formula is C28H23FN2O7. The molecule has 38 heavy (non-hydrogen) atoms. The lowest BCUT2D eigenvalue weighted by molar-refractivity contribution is -0.122. The second-order valence-electron chi connectivity index (χ2n) is 8.01. The van der Waals surface area contributed by atoms with Crippen molar-refractivity contribution in [3.8, 4) is 11.5 Å². The first kappa shape index (κ1) is 26.1. The van der Waals surface area contributed by atoms with Gasteiger partial charge in [0.1, 0.15) is 29.5 Å². The minimum Gasteiger partial charge on any atom is -0.497 e. The van der Waals surface area contributed by atoms with Crippen LogP contribution in [0.4, 0.5) is 14.9 Å². The molecule has 0 aromatic heterocycles. The fraction of sp³-hybridized carbons (Fsp3) is 0.143. The SMILES string of the molecule is CCOC(=O)c1ccc(N2C(=O)NC(=O)/C(=C\c3ccc(OC)cc3OCc3ccccc3F)C2=O)cc1. The maximum atomic E-state index is 14.1. The maximum Gasteiger partial charge on any atom is 0.338 e. The van der Waals surface area contributed by atoms with Crippen LogP contribution in [0, 0.1) is 5.82 Å². The number of hydrogen-bond donors (Lipinski definition) is 1. The van der Waals surface area contributed by atoms with Gasteiger partial charge in [-0.2, -0.15) is 0 Å². The Morgan fingerprint density at radius 3 is 2.45 bits per heavy atom. The summed E-state index contributed by atoms with van der Waals surface area (Å²) in [6, 6.07) is 15.5. The number of benzene rings is 3. The number of rotatable bonds is 8. The van der Waals surface area contributed by atoms with Crippen molar-refractivity contribution in [1.29, 1.82) is 0 Å². The van der Waals surface area contributed by atoms with Crippen LogP contribution in [0.1, 0.15) is 28.4 Å². The Balaban J connectivity index is 1.65. The molecule has 0 spiro atoms. The van der Waals surface area contributed by atoms with Crippen LogP contribution in [-0.2, 0) is 20.9 Å². The van der Waals surface area contributed by atoms with Crippen LogP contribution in [0.25, 0.3) is 6.08 Å². The minimum absolute atomic E-state index is 0.117. The van der Waals surface area contributed by atoms with E-state index >= 15 is 0 Å². The summed E-state index contributed by atoms with van der Waals surface area (Å²) in [6.45, 7) is 1.75. The van der Waals surface area contributed by atoms with Crippen molar-refractivity contribution < 1.29 is 37.8 Å². The van der Waals surface area contributed by atoms with Crippen LogP contribution >= 0.6 is 0 Å². The number of urea groups is 1. The molecule has 1 fully saturated rings. The molecule has 194 valence electrons. The van der Waals surface area contributed by atoms with Crippen molar-refractivity contribution in [2.75, 3.05) is 18.6 Å². The van der Waals surface area contributed by atoms with E-state index in [2.05, 4.69) is 5.32 Å². The van der Waals surface area contributed by atoms with Crippen molar-refractivity contribution >= 4 is 35.6 Å². The second-order valence-corrected chi connectivity index (χ2v) is 8.01. The standard InChI is InChI=1S/C28H23FN2O7/c1-3-37-27(34)17-8-11-20(12-9-17)31-26(33)22(25(32)30-28(31)35)14-18-10-13-21(36-2)15-24(18)38-16-19-6-4-5-7-23(19)29/h4-15H,3,16H2,1-2H3,(H,30,32,35)/b22-14+. The summed E-state index contributed by atoms with van der Waals surface area (Å²) in [5.74, 6) is -2.10. The molecule has 1 saturated heterocycles. The van der Waals surface area contributed by atoms with Crippen molar-refractivity contribution in [1.82, 2.24) is 5.32 Å². The molecule has 1 heterocycles. The molecule has 0 radical (unpaired) electrons. The van der Waals surface area contributed by atoms with Gasteiger partial charge in [0.2, 0.25) is 0 Å². The predicted molar refractivity (Wildman–Crippen MR) is 135 cm³/mol. The number of nitrogens with zero attached hydrogens (tertiary/aromatic N) is 1. The normalized spacial score (nSPS) is 14.3. The highest BCUT2D eigenvalue weighted by Gasteiger charge is 2.37. The number of hydrogen-bond acceptors (Lipinski definition) is 7. The average Bonchev–Trinajstić information content (AvgIpc) is 2.91. The van der Waals surface area contributed by atoms with Gasteiger partial charge < -0.3 is 14.2 Å². The van der Waals surface area contributed by atoms with E-state index in [9.17, 15) is 23.6 Å². The van der Waals surface area contributed by atoms with E-state index < -0.39 is 29.6 Å². The van der Waals surface area contributed by atoms with E-state index in [1.165, 1.54) is 49.6 Å². The molecule has 1 aliphatic heterocycles. The lowest BCUT2D eigenvalue weighted by Crippen LogP contribution is -2.54. The number of carbonyl (C=O) groups excluding carboxylic acids is 4. The average molecular weight is 518 g/mol. The van der Waals surface area contributed by atoms with Crippen LogP contribution < -0.4 is 19.7 Å². The van der Waals surface area contributed by atoms with Crippen LogP contribution in [0.3, 0.4) is 0 Å². The predicted octanol–water partition coefficient (Wildman–Crippen LogP) is 4.26. The van der Waals surface area contributed by atoms with Gasteiger partial charge in [-0.1, -0.05) is 18.2 Å². The number of amides is 4. The summed E-state index contributed by atoms with van der Waals surface area (Å²) in [7, 11) is 1.46. The molecule has 0 bridgehead atoms. The zero-order chi connectivity index (χ0) is 27.2. The maximum absolute atomic E-state index is 14.1. The topological polar surface area (TPSA) is 111 Å². The van der Waals surface area contributed by atoms with E-state index in [0.717, 1.165) is 4.90 Å². The molecule has 9 nitrogen and oxygen atoms in total. The smallest absolute Gasteiger partial charge is 0.338 e. The molecule has 0 atom stereocenters. The Labute approximate surface area is 217 Å². The molecule has 3 aromatic carbocycles. The first-order valence-electron chi connectivity index (χ1n) is 11.5.